The summed E-state index contributed by atoms with van der Waals surface area (Å²) in [4.78, 5) is 53.9. The topological polar surface area (TPSA) is 130 Å². The van der Waals surface area contributed by atoms with Crippen molar-refractivity contribution in [3.63, 3.8) is 0 Å². The minimum Gasteiger partial charge on any atom is -0.324 e. The molecule has 0 saturated carbocycles. The maximum Gasteiger partial charge on any atom is 0.247 e. The van der Waals surface area contributed by atoms with Crippen LogP contribution >= 0.6 is 11.6 Å². The highest BCUT2D eigenvalue weighted by atomic mass is 35.5. The molecule has 40 heavy (non-hydrogen) atoms. The van der Waals surface area contributed by atoms with Crippen molar-refractivity contribution in [2.45, 2.75) is 12.5 Å². The SMILES string of the molecule is O=Cc1ccc(NC(=O)C(Cc2ccccc2)N2CC(=O)N(c3cc(Cl)ccc3-n3cnnn3)CC2=O)cc1F. The van der Waals surface area contributed by atoms with Crippen LogP contribution in [0.25, 0.3) is 5.69 Å². The van der Waals surface area contributed by atoms with E-state index in [2.05, 4.69) is 20.8 Å². The number of anilines is 2. The second kappa shape index (κ2) is 11.4. The Bertz CT molecular complexity index is 1580. The molecule has 3 amide bonds. The van der Waals surface area contributed by atoms with Gasteiger partial charge in [0.15, 0.2) is 6.29 Å². The molecule has 0 aliphatic carbocycles. The van der Waals surface area contributed by atoms with Gasteiger partial charge >= 0.3 is 0 Å². The molecule has 11 nitrogen and oxygen atoms in total. The summed E-state index contributed by atoms with van der Waals surface area (Å²) >= 11 is 6.21. The van der Waals surface area contributed by atoms with Gasteiger partial charge in [-0.1, -0.05) is 41.9 Å². The Balaban J connectivity index is 1.43. The first-order valence-corrected chi connectivity index (χ1v) is 12.4. The number of amides is 3. The normalized spacial score (nSPS) is 14.2. The molecule has 2 heterocycles. The number of rotatable bonds is 8. The van der Waals surface area contributed by atoms with Crippen LogP contribution in [-0.4, -0.2) is 68.2 Å². The minimum absolute atomic E-state index is 0.105. The Morgan fingerprint density at radius 3 is 2.52 bits per heavy atom. The Morgan fingerprint density at radius 1 is 1.02 bits per heavy atom. The lowest BCUT2D eigenvalue weighted by Crippen LogP contribution is -2.60. The van der Waals surface area contributed by atoms with Crippen molar-refractivity contribution >= 4 is 47.0 Å². The maximum atomic E-state index is 14.2. The number of aldehydes is 1. The fraction of sp³-hybridized carbons (Fsp3) is 0.148. The molecule has 5 rings (SSSR count). The van der Waals surface area contributed by atoms with Gasteiger partial charge in [-0.05, 0) is 52.4 Å². The van der Waals surface area contributed by atoms with Crippen LogP contribution in [-0.2, 0) is 20.8 Å². The molecule has 1 N–H and O–H groups in total. The molecular weight excluding hydrogens is 541 g/mol. The molecule has 3 aromatic carbocycles. The van der Waals surface area contributed by atoms with Crippen LogP contribution in [0.3, 0.4) is 0 Å². The molecule has 202 valence electrons. The highest BCUT2D eigenvalue weighted by molar-refractivity contribution is 6.31. The van der Waals surface area contributed by atoms with E-state index in [-0.39, 0.29) is 24.2 Å². The van der Waals surface area contributed by atoms with Gasteiger partial charge in [-0.25, -0.2) is 4.39 Å². The van der Waals surface area contributed by atoms with Gasteiger partial charge < -0.3 is 10.2 Å². The molecule has 1 saturated heterocycles. The summed E-state index contributed by atoms with van der Waals surface area (Å²) in [6.45, 7) is -0.765. The predicted octanol–water partition coefficient (Wildman–Crippen LogP) is 2.69. The van der Waals surface area contributed by atoms with Crippen molar-refractivity contribution in [3.05, 3.63) is 95.0 Å². The molecule has 1 atom stereocenters. The first kappa shape index (κ1) is 26.6. The van der Waals surface area contributed by atoms with Crippen LogP contribution in [0.4, 0.5) is 15.8 Å². The zero-order valence-corrected chi connectivity index (χ0v) is 21.5. The third-order valence-electron chi connectivity index (χ3n) is 6.39. The number of aromatic nitrogens is 4. The van der Waals surface area contributed by atoms with E-state index in [9.17, 15) is 23.6 Å². The summed E-state index contributed by atoms with van der Waals surface area (Å²) in [6, 6.07) is 16.3. The number of nitrogens with one attached hydrogen (secondary N) is 1. The summed E-state index contributed by atoms with van der Waals surface area (Å²) in [5, 5.41) is 14.1. The molecule has 1 aromatic heterocycles. The van der Waals surface area contributed by atoms with E-state index < -0.39 is 36.1 Å². The highest BCUT2D eigenvalue weighted by Crippen LogP contribution is 2.30. The quantitative estimate of drug-likeness (QED) is 0.327. The molecule has 1 aliphatic rings. The molecule has 1 unspecified atom stereocenters. The lowest BCUT2D eigenvalue weighted by molar-refractivity contribution is -0.143. The highest BCUT2D eigenvalue weighted by Gasteiger charge is 2.39. The van der Waals surface area contributed by atoms with Crippen LogP contribution in [0.15, 0.2) is 73.1 Å². The van der Waals surface area contributed by atoms with E-state index in [1.54, 1.807) is 36.4 Å². The first-order chi connectivity index (χ1) is 19.3. The Morgan fingerprint density at radius 2 is 1.82 bits per heavy atom. The second-order valence-corrected chi connectivity index (χ2v) is 9.37. The van der Waals surface area contributed by atoms with E-state index in [0.29, 0.717) is 22.7 Å². The van der Waals surface area contributed by atoms with Crippen molar-refractivity contribution in [3.8, 4) is 5.69 Å². The van der Waals surface area contributed by atoms with Gasteiger partial charge in [0.05, 0.1) is 16.9 Å². The number of carbonyl (C=O) groups excluding carboxylic acids is 4. The second-order valence-electron chi connectivity index (χ2n) is 8.94. The first-order valence-electron chi connectivity index (χ1n) is 12.1. The minimum atomic E-state index is -1.09. The Kier molecular flexibility index (Phi) is 7.60. The van der Waals surface area contributed by atoms with Crippen LogP contribution in [0.5, 0.6) is 0 Å². The van der Waals surface area contributed by atoms with Gasteiger partial charge in [-0.15, -0.1) is 5.10 Å². The van der Waals surface area contributed by atoms with Crippen LogP contribution < -0.4 is 10.2 Å². The molecule has 1 aliphatic heterocycles. The molecular formula is C27H21ClFN7O4. The molecule has 0 spiro atoms. The number of tetrazole rings is 1. The fourth-order valence-electron chi connectivity index (χ4n) is 4.42. The lowest BCUT2D eigenvalue weighted by Gasteiger charge is -2.38. The van der Waals surface area contributed by atoms with E-state index in [1.807, 2.05) is 6.07 Å². The van der Waals surface area contributed by atoms with Gasteiger partial charge in [0.2, 0.25) is 17.7 Å². The molecule has 0 bridgehead atoms. The number of halogens is 2. The Labute approximate surface area is 232 Å². The van der Waals surface area contributed by atoms with Crippen molar-refractivity contribution in [1.82, 2.24) is 25.1 Å². The standard InChI is InChI=1S/C27H21ClFN7O4/c28-19-7-9-22(36-16-30-32-33-36)23(11-19)34-13-26(39)35(14-25(34)38)24(10-17-4-2-1-3-5-17)27(40)31-20-8-6-18(15-37)21(29)12-20/h1-9,11-12,15-16,24H,10,13-14H2,(H,31,40). The summed E-state index contributed by atoms with van der Waals surface area (Å²) in [5.41, 5.74) is 1.46. The monoisotopic (exact) mass is 561 g/mol. The van der Waals surface area contributed by atoms with E-state index in [0.717, 1.165) is 11.6 Å². The summed E-state index contributed by atoms with van der Waals surface area (Å²) < 4.78 is 15.5. The van der Waals surface area contributed by atoms with Crippen molar-refractivity contribution in [2.75, 3.05) is 23.3 Å². The third-order valence-corrected chi connectivity index (χ3v) is 6.63. The number of nitrogens with zero attached hydrogens (tertiary/aromatic N) is 6. The predicted molar refractivity (Wildman–Crippen MR) is 143 cm³/mol. The summed E-state index contributed by atoms with van der Waals surface area (Å²) in [7, 11) is 0. The number of hydrogen-bond donors (Lipinski definition) is 1. The van der Waals surface area contributed by atoms with Gasteiger partial charge in [0, 0.05) is 17.1 Å². The van der Waals surface area contributed by atoms with E-state index >= 15 is 0 Å². The van der Waals surface area contributed by atoms with Gasteiger partial charge in [-0.3, -0.25) is 24.1 Å². The molecule has 4 aromatic rings. The smallest absolute Gasteiger partial charge is 0.247 e. The number of benzene rings is 3. The van der Waals surface area contributed by atoms with Crippen molar-refractivity contribution in [1.29, 1.82) is 0 Å². The fourth-order valence-corrected chi connectivity index (χ4v) is 4.59. The third kappa shape index (κ3) is 5.57. The summed E-state index contributed by atoms with van der Waals surface area (Å²) in [6.07, 6.45) is 1.82. The zero-order valence-electron chi connectivity index (χ0n) is 20.8. The van der Waals surface area contributed by atoms with Crippen molar-refractivity contribution < 1.29 is 23.6 Å². The largest absolute Gasteiger partial charge is 0.324 e. The molecule has 1 fully saturated rings. The number of hydrogen-bond acceptors (Lipinski definition) is 7. The van der Waals surface area contributed by atoms with Gasteiger partial charge in [-0.2, -0.15) is 4.68 Å². The average Bonchev–Trinajstić information content (AvgIpc) is 3.48. The van der Waals surface area contributed by atoms with Gasteiger partial charge in [0.1, 0.15) is 31.3 Å². The zero-order chi connectivity index (χ0) is 28.2. The van der Waals surface area contributed by atoms with Crippen LogP contribution in [0, 0.1) is 5.82 Å². The number of piperazine rings is 1. The molecule has 13 heteroatoms. The lowest BCUT2D eigenvalue weighted by atomic mass is 10.0. The van der Waals surface area contributed by atoms with Crippen LogP contribution in [0.2, 0.25) is 5.02 Å². The number of carbonyl (C=O) groups is 4. The maximum absolute atomic E-state index is 14.2. The summed E-state index contributed by atoms with van der Waals surface area (Å²) in [5.74, 6) is -2.36. The van der Waals surface area contributed by atoms with E-state index in [4.69, 9.17) is 11.6 Å². The van der Waals surface area contributed by atoms with Crippen LogP contribution in [0.1, 0.15) is 15.9 Å². The average molecular weight is 562 g/mol. The van der Waals surface area contributed by atoms with E-state index in [1.165, 1.54) is 39.0 Å². The van der Waals surface area contributed by atoms with Crippen molar-refractivity contribution in [2.24, 2.45) is 0 Å². The Hall–Kier alpha value is -4.97. The van der Waals surface area contributed by atoms with Gasteiger partial charge in [0.25, 0.3) is 0 Å². The molecule has 0 radical (unpaired) electrons.